The highest BCUT2D eigenvalue weighted by Crippen LogP contribution is 2.19. The molecule has 0 amide bonds. The van der Waals surface area contributed by atoms with Crippen LogP contribution in [0.4, 0.5) is 5.69 Å². The van der Waals surface area contributed by atoms with Gasteiger partial charge in [0.25, 0.3) is 0 Å². The number of benzene rings is 2. The highest BCUT2D eigenvalue weighted by atomic mass is 15.1. The lowest BCUT2D eigenvalue weighted by atomic mass is 10.1. The molecule has 2 nitrogen and oxygen atoms in total. The molecule has 2 heteroatoms. The quantitative estimate of drug-likeness (QED) is 0.900. The molecule has 2 aromatic carbocycles. The Morgan fingerprint density at radius 2 is 1.45 bits per heavy atom. The lowest BCUT2D eigenvalue weighted by molar-refractivity contribution is 0.915. The van der Waals surface area contributed by atoms with Crippen LogP contribution in [-0.2, 0) is 13.0 Å². The summed E-state index contributed by atoms with van der Waals surface area (Å²) in [5.74, 6) is 0. The highest BCUT2D eigenvalue weighted by Gasteiger charge is 2.04. The van der Waals surface area contributed by atoms with E-state index in [9.17, 15) is 0 Å². The molecule has 0 unspecified atom stereocenters. The van der Waals surface area contributed by atoms with Crippen LogP contribution in [0, 0.1) is 13.8 Å². The van der Waals surface area contributed by atoms with E-state index in [2.05, 4.69) is 68.3 Å². The van der Waals surface area contributed by atoms with Crippen molar-refractivity contribution in [3.05, 3.63) is 64.7 Å². The summed E-state index contributed by atoms with van der Waals surface area (Å²) >= 11 is 0. The second-order valence-electron chi connectivity index (χ2n) is 5.56. The van der Waals surface area contributed by atoms with Crippen molar-refractivity contribution >= 4 is 5.69 Å². The van der Waals surface area contributed by atoms with Crippen molar-refractivity contribution in [1.29, 1.82) is 0 Å². The molecule has 2 rings (SSSR count). The summed E-state index contributed by atoms with van der Waals surface area (Å²) in [6.45, 7) is 5.92. The largest absolute Gasteiger partial charge is 0.370 e. The summed E-state index contributed by atoms with van der Waals surface area (Å²) in [7, 11) is 2.14. The Balaban J connectivity index is 2.08. The standard InChI is InChI=1S/C18H24N2/c1-14-10-15(2)12-18(11-14)20(3)13-17-6-4-16(5-7-17)8-9-19/h4-7,10-12H,8-9,13,19H2,1-3H3. The smallest absolute Gasteiger partial charge is 0.0426 e. The molecule has 0 aromatic heterocycles. The number of nitrogens with zero attached hydrogens (tertiary/aromatic N) is 1. The van der Waals surface area contributed by atoms with Gasteiger partial charge in [0.05, 0.1) is 0 Å². The first-order valence-electron chi connectivity index (χ1n) is 7.16. The molecule has 106 valence electrons. The van der Waals surface area contributed by atoms with Crippen LogP contribution in [0.15, 0.2) is 42.5 Å². The topological polar surface area (TPSA) is 29.3 Å². The molecule has 0 bridgehead atoms. The fourth-order valence-electron chi connectivity index (χ4n) is 2.51. The van der Waals surface area contributed by atoms with Crippen LogP contribution in [0.3, 0.4) is 0 Å². The maximum Gasteiger partial charge on any atom is 0.0426 e. The van der Waals surface area contributed by atoms with Crippen LogP contribution in [0.1, 0.15) is 22.3 Å². The van der Waals surface area contributed by atoms with Crippen LogP contribution in [0.5, 0.6) is 0 Å². The fourth-order valence-corrected chi connectivity index (χ4v) is 2.51. The zero-order valence-electron chi connectivity index (χ0n) is 12.7. The second kappa shape index (κ2) is 6.58. The maximum absolute atomic E-state index is 5.58. The van der Waals surface area contributed by atoms with Gasteiger partial charge < -0.3 is 10.6 Å². The van der Waals surface area contributed by atoms with Crippen molar-refractivity contribution < 1.29 is 0 Å². The molecular formula is C18H24N2. The van der Waals surface area contributed by atoms with Crippen molar-refractivity contribution in [2.24, 2.45) is 5.73 Å². The monoisotopic (exact) mass is 268 g/mol. The molecule has 0 saturated carbocycles. The van der Waals surface area contributed by atoms with Crippen LogP contribution in [0.2, 0.25) is 0 Å². The molecule has 0 fully saturated rings. The number of hydrogen-bond donors (Lipinski definition) is 1. The average molecular weight is 268 g/mol. The van der Waals surface area contributed by atoms with E-state index >= 15 is 0 Å². The number of hydrogen-bond acceptors (Lipinski definition) is 2. The number of aryl methyl sites for hydroxylation is 2. The van der Waals surface area contributed by atoms with E-state index in [1.807, 2.05) is 0 Å². The number of anilines is 1. The van der Waals surface area contributed by atoms with Crippen molar-refractivity contribution in [2.45, 2.75) is 26.8 Å². The minimum Gasteiger partial charge on any atom is -0.370 e. The Morgan fingerprint density at radius 3 is 2.00 bits per heavy atom. The van der Waals surface area contributed by atoms with Crippen molar-refractivity contribution in [2.75, 3.05) is 18.5 Å². The summed E-state index contributed by atoms with van der Waals surface area (Å²) in [5.41, 5.74) is 12.1. The summed E-state index contributed by atoms with van der Waals surface area (Å²) in [5, 5.41) is 0. The van der Waals surface area contributed by atoms with Gasteiger partial charge in [0.1, 0.15) is 0 Å². The Bertz CT molecular complexity index is 538. The van der Waals surface area contributed by atoms with Gasteiger partial charge in [-0.25, -0.2) is 0 Å². The third kappa shape index (κ3) is 3.84. The first kappa shape index (κ1) is 14.6. The molecule has 0 aliphatic rings. The Kier molecular flexibility index (Phi) is 4.80. The fraction of sp³-hybridized carbons (Fsp3) is 0.333. The molecule has 2 aromatic rings. The second-order valence-corrected chi connectivity index (χ2v) is 5.56. The number of rotatable bonds is 5. The zero-order valence-corrected chi connectivity index (χ0v) is 12.7. The van der Waals surface area contributed by atoms with Crippen LogP contribution in [-0.4, -0.2) is 13.6 Å². The third-order valence-electron chi connectivity index (χ3n) is 3.52. The van der Waals surface area contributed by atoms with E-state index in [1.54, 1.807) is 0 Å². The summed E-state index contributed by atoms with van der Waals surface area (Å²) < 4.78 is 0. The van der Waals surface area contributed by atoms with Gasteiger partial charge >= 0.3 is 0 Å². The first-order valence-corrected chi connectivity index (χ1v) is 7.16. The molecule has 0 aliphatic carbocycles. The SMILES string of the molecule is Cc1cc(C)cc(N(C)Cc2ccc(CCN)cc2)c1. The van der Waals surface area contributed by atoms with E-state index in [0.717, 1.165) is 13.0 Å². The van der Waals surface area contributed by atoms with Crippen molar-refractivity contribution in [3.8, 4) is 0 Å². The molecule has 20 heavy (non-hydrogen) atoms. The molecule has 0 heterocycles. The average Bonchev–Trinajstić information content (AvgIpc) is 2.40. The van der Waals surface area contributed by atoms with Crippen LogP contribution in [0.25, 0.3) is 0 Å². The van der Waals surface area contributed by atoms with Gasteiger partial charge in [-0.2, -0.15) is 0 Å². The summed E-state index contributed by atoms with van der Waals surface area (Å²) in [6.07, 6.45) is 0.952. The normalized spacial score (nSPS) is 10.6. The van der Waals surface area contributed by atoms with Gasteiger partial charge in [-0.3, -0.25) is 0 Å². The molecule has 0 saturated heterocycles. The van der Waals surface area contributed by atoms with Crippen molar-refractivity contribution in [3.63, 3.8) is 0 Å². The lowest BCUT2D eigenvalue weighted by Crippen LogP contribution is -2.16. The van der Waals surface area contributed by atoms with Gasteiger partial charge in [0, 0.05) is 19.3 Å². The van der Waals surface area contributed by atoms with E-state index in [1.165, 1.54) is 27.9 Å². The molecule has 0 atom stereocenters. The van der Waals surface area contributed by atoms with E-state index in [4.69, 9.17) is 5.73 Å². The molecule has 0 radical (unpaired) electrons. The van der Waals surface area contributed by atoms with Gasteiger partial charge in [-0.15, -0.1) is 0 Å². The Hall–Kier alpha value is -1.80. The van der Waals surface area contributed by atoms with Gasteiger partial charge in [0.15, 0.2) is 0 Å². The molecule has 0 spiro atoms. The molecule has 2 N–H and O–H groups in total. The predicted octanol–water partition coefficient (Wildman–Crippen LogP) is 3.44. The third-order valence-corrected chi connectivity index (χ3v) is 3.52. The summed E-state index contributed by atoms with van der Waals surface area (Å²) in [6, 6.07) is 15.4. The Labute approximate surface area is 122 Å². The highest BCUT2D eigenvalue weighted by molar-refractivity contribution is 5.50. The van der Waals surface area contributed by atoms with E-state index in [-0.39, 0.29) is 0 Å². The Morgan fingerprint density at radius 1 is 0.900 bits per heavy atom. The van der Waals surface area contributed by atoms with Crippen LogP contribution < -0.4 is 10.6 Å². The minimum absolute atomic E-state index is 0.710. The van der Waals surface area contributed by atoms with E-state index < -0.39 is 0 Å². The van der Waals surface area contributed by atoms with Gasteiger partial charge in [-0.05, 0) is 61.2 Å². The number of nitrogens with two attached hydrogens (primary N) is 1. The van der Waals surface area contributed by atoms with Gasteiger partial charge in [0.2, 0.25) is 0 Å². The van der Waals surface area contributed by atoms with Crippen molar-refractivity contribution in [1.82, 2.24) is 0 Å². The zero-order chi connectivity index (χ0) is 14.5. The minimum atomic E-state index is 0.710. The molecular weight excluding hydrogens is 244 g/mol. The summed E-state index contributed by atoms with van der Waals surface area (Å²) in [4.78, 5) is 2.29. The predicted molar refractivity (Wildman–Crippen MR) is 87.2 cm³/mol. The van der Waals surface area contributed by atoms with Crippen LogP contribution >= 0.6 is 0 Å². The lowest BCUT2D eigenvalue weighted by Gasteiger charge is -2.20. The maximum atomic E-state index is 5.58. The van der Waals surface area contributed by atoms with Gasteiger partial charge in [-0.1, -0.05) is 30.3 Å². The molecule has 0 aliphatic heterocycles. The van der Waals surface area contributed by atoms with E-state index in [0.29, 0.717) is 6.54 Å². The first-order chi connectivity index (χ1) is 9.58.